The van der Waals surface area contributed by atoms with Gasteiger partial charge >= 0.3 is 23.9 Å². The second-order valence-electron chi connectivity index (χ2n) is 22.8. The summed E-state index contributed by atoms with van der Waals surface area (Å²) in [5, 5.41) is 24.6. The van der Waals surface area contributed by atoms with Crippen LogP contribution in [0.2, 0.25) is 0 Å². The summed E-state index contributed by atoms with van der Waals surface area (Å²) in [5.74, 6) is -2.53. The molecule has 1 aromatic carbocycles. The number of hydrogen-bond acceptors (Lipinski definition) is 13. The number of amides is 1. The van der Waals surface area contributed by atoms with Gasteiger partial charge in [0.25, 0.3) is 0 Å². The lowest BCUT2D eigenvalue weighted by Crippen LogP contribution is -2.63. The van der Waals surface area contributed by atoms with Crippen molar-refractivity contribution in [1.29, 1.82) is 0 Å². The van der Waals surface area contributed by atoms with Gasteiger partial charge in [-0.15, -0.1) is 0 Å². The first-order chi connectivity index (χ1) is 38.4. The Balaban J connectivity index is 2.20. The highest BCUT2D eigenvalue weighted by Crippen LogP contribution is 2.28. The van der Waals surface area contributed by atoms with Gasteiger partial charge in [-0.3, -0.25) is 19.2 Å². The van der Waals surface area contributed by atoms with Crippen LogP contribution in [0.3, 0.4) is 0 Å². The maximum Gasteiger partial charge on any atom is 0.328 e. The molecule has 0 aromatic heterocycles. The van der Waals surface area contributed by atoms with E-state index in [4.69, 9.17) is 29.4 Å². The molecule has 0 spiro atoms. The quantitative estimate of drug-likeness (QED) is 0.0272. The Morgan fingerprint density at radius 1 is 0.544 bits per heavy atom. The summed E-state index contributed by atoms with van der Waals surface area (Å²) in [5.41, 5.74) is 7.53. The van der Waals surface area contributed by atoms with E-state index in [2.05, 4.69) is 33.0 Å². The van der Waals surface area contributed by atoms with Gasteiger partial charge in [0.15, 0.2) is 0 Å². The van der Waals surface area contributed by atoms with Gasteiger partial charge in [-0.05, 0) is 56.9 Å². The van der Waals surface area contributed by atoms with Crippen LogP contribution in [0.5, 0.6) is 0 Å². The highest BCUT2D eigenvalue weighted by atomic mass is 16.6. The lowest BCUT2D eigenvalue weighted by molar-refractivity contribution is -0.208. The Labute approximate surface area is 479 Å². The maximum absolute atomic E-state index is 14.0. The van der Waals surface area contributed by atoms with E-state index < -0.39 is 73.2 Å². The smallest absolute Gasteiger partial charge is 0.328 e. The molecule has 1 aliphatic heterocycles. The van der Waals surface area contributed by atoms with Crippen molar-refractivity contribution in [2.24, 2.45) is 5.73 Å². The second-order valence-corrected chi connectivity index (χ2v) is 22.8. The minimum Gasteiger partial charge on any atom is -0.462 e. The van der Waals surface area contributed by atoms with Crippen LogP contribution in [0.1, 0.15) is 290 Å². The number of nitrogens with one attached hydrogen (secondary N) is 1. The first kappa shape index (κ1) is 71.5. The molecule has 0 unspecified atom stereocenters. The lowest BCUT2D eigenvalue weighted by atomic mass is 9.90. The summed E-state index contributed by atoms with van der Waals surface area (Å²) < 4.78 is 29.7. The summed E-state index contributed by atoms with van der Waals surface area (Å²) in [4.78, 5) is 68.1. The summed E-state index contributed by atoms with van der Waals surface area (Å²) in [7, 11) is 0. The Morgan fingerprint density at radius 2 is 0.962 bits per heavy atom. The molecule has 456 valence electrons. The summed E-state index contributed by atoms with van der Waals surface area (Å²) >= 11 is 0. The number of aliphatic hydroxyl groups excluding tert-OH is 2. The van der Waals surface area contributed by atoms with Gasteiger partial charge in [-0.2, -0.15) is 0 Å². The van der Waals surface area contributed by atoms with Crippen molar-refractivity contribution in [1.82, 2.24) is 5.32 Å². The third-order valence-electron chi connectivity index (χ3n) is 15.5. The molecule has 2 rings (SSSR count). The fraction of sp³-hybridized carbons (Fsp3) is 0.831. The van der Waals surface area contributed by atoms with E-state index in [1.165, 1.54) is 103 Å². The predicted octanol–water partition coefficient (Wildman–Crippen LogP) is 14.1. The van der Waals surface area contributed by atoms with E-state index in [1.807, 2.05) is 30.3 Å². The summed E-state index contributed by atoms with van der Waals surface area (Å²) in [6.45, 7) is 8.16. The highest BCUT2D eigenvalue weighted by molar-refractivity contribution is 5.85. The average Bonchev–Trinajstić information content (AvgIpc) is 3.44. The molecule has 8 atom stereocenters. The van der Waals surface area contributed by atoms with Crippen LogP contribution in [0.25, 0.3) is 0 Å². The van der Waals surface area contributed by atoms with Gasteiger partial charge in [0, 0.05) is 12.8 Å². The number of benzene rings is 1. The lowest BCUT2D eigenvalue weighted by Gasteiger charge is -2.43. The Hall–Kier alpha value is -3.59. The number of carbonyl (C=O) groups is 5. The molecule has 0 bridgehead atoms. The molecule has 1 saturated heterocycles. The van der Waals surface area contributed by atoms with Crippen molar-refractivity contribution in [3.63, 3.8) is 0 Å². The molecule has 1 heterocycles. The molecular weight excluding hydrogens is 1000 g/mol. The summed E-state index contributed by atoms with van der Waals surface area (Å²) in [6, 6.07) is 6.94. The van der Waals surface area contributed by atoms with Crippen LogP contribution >= 0.6 is 0 Å². The molecule has 1 fully saturated rings. The molecule has 0 saturated carbocycles. The molecule has 5 N–H and O–H groups in total. The van der Waals surface area contributed by atoms with Crippen molar-refractivity contribution in [2.75, 3.05) is 6.61 Å². The van der Waals surface area contributed by atoms with Crippen LogP contribution in [0.4, 0.5) is 0 Å². The normalized spacial score (nSPS) is 18.3. The van der Waals surface area contributed by atoms with Crippen molar-refractivity contribution in [3.05, 3.63) is 35.9 Å². The zero-order valence-electron chi connectivity index (χ0n) is 50.3. The molecule has 1 amide bonds. The average molecular weight is 1120 g/mol. The van der Waals surface area contributed by atoms with Crippen molar-refractivity contribution >= 4 is 29.8 Å². The number of hydrogen-bond donors (Lipinski definition) is 4. The molecule has 79 heavy (non-hydrogen) atoms. The van der Waals surface area contributed by atoms with Crippen molar-refractivity contribution in [3.8, 4) is 0 Å². The van der Waals surface area contributed by atoms with Gasteiger partial charge < -0.3 is 44.9 Å². The number of unbranched alkanes of at least 4 members (excludes halogenated alkanes) is 28. The molecule has 1 aliphatic rings. The molecule has 1 aromatic rings. The van der Waals surface area contributed by atoms with Crippen molar-refractivity contribution in [2.45, 2.75) is 340 Å². The molecule has 14 nitrogen and oxygen atoms in total. The van der Waals surface area contributed by atoms with Crippen LogP contribution in [0.15, 0.2) is 30.3 Å². The predicted molar refractivity (Wildman–Crippen MR) is 315 cm³/mol. The third kappa shape index (κ3) is 35.8. The number of rotatable bonds is 51. The molecular formula is C65H114N2O12. The highest BCUT2D eigenvalue weighted by Gasteiger charge is 2.46. The van der Waals surface area contributed by atoms with Crippen LogP contribution in [-0.4, -0.2) is 95.3 Å². The first-order valence-corrected chi connectivity index (χ1v) is 32.2. The topological polar surface area (TPSA) is 210 Å². The minimum atomic E-state index is -1.47. The van der Waals surface area contributed by atoms with Gasteiger partial charge in [0.2, 0.25) is 5.91 Å². The van der Waals surface area contributed by atoms with E-state index >= 15 is 0 Å². The van der Waals surface area contributed by atoms with Crippen LogP contribution < -0.4 is 11.1 Å². The Kier molecular flexibility index (Phi) is 43.4. The second kappa shape index (κ2) is 48.0. The first-order valence-electron chi connectivity index (χ1n) is 32.2. The minimum absolute atomic E-state index is 0.0108. The zero-order valence-corrected chi connectivity index (χ0v) is 50.3. The standard InChI is InChI=1S/C65H114N2O12/c1-5-9-13-17-21-23-27-29-36-42-53(76-59(70)44-38-31-25-19-15-11-7-3)48-58(69)67-55(65(74)75-51-52-40-34-33-35-41-52)46-47-56-62(66)64(63(73)57(50-68)78-56)79-61(72)49-54(43-37-30-28-24-22-18-14-10-6-2)77-60(71)45-39-32-26-20-16-12-8-4/h33-35,40-41,53-57,62-64,68,73H,5-32,36-39,42-51,66H2,1-4H3,(H,67,69)/t53-,54-,55+,56+,57-,62+,63-,64-/m1/s1. The van der Waals surface area contributed by atoms with E-state index in [-0.39, 0.29) is 57.1 Å². The van der Waals surface area contributed by atoms with Gasteiger partial charge in [0.1, 0.15) is 43.2 Å². The van der Waals surface area contributed by atoms with E-state index in [1.54, 1.807) is 0 Å². The Morgan fingerprint density at radius 3 is 1.41 bits per heavy atom. The summed E-state index contributed by atoms with van der Waals surface area (Å²) in [6.07, 6.45) is 30.1. The maximum atomic E-state index is 14.0. The molecule has 0 aliphatic carbocycles. The third-order valence-corrected chi connectivity index (χ3v) is 15.5. The monoisotopic (exact) mass is 1110 g/mol. The fourth-order valence-corrected chi connectivity index (χ4v) is 10.6. The van der Waals surface area contributed by atoms with Crippen LogP contribution in [0, 0.1) is 0 Å². The van der Waals surface area contributed by atoms with Gasteiger partial charge in [0.05, 0.1) is 31.6 Å². The largest absolute Gasteiger partial charge is 0.462 e. The number of esters is 4. The number of aliphatic hydroxyl groups is 2. The van der Waals surface area contributed by atoms with Gasteiger partial charge in [-0.1, -0.05) is 238 Å². The number of ether oxygens (including phenoxy) is 5. The van der Waals surface area contributed by atoms with E-state index in [9.17, 15) is 34.2 Å². The van der Waals surface area contributed by atoms with Crippen molar-refractivity contribution < 1.29 is 57.9 Å². The zero-order chi connectivity index (χ0) is 57.6. The van der Waals surface area contributed by atoms with E-state index in [0.29, 0.717) is 12.8 Å². The van der Waals surface area contributed by atoms with E-state index in [0.717, 1.165) is 108 Å². The number of carbonyl (C=O) groups excluding carboxylic acids is 5. The molecule has 0 radical (unpaired) electrons. The van der Waals surface area contributed by atoms with Gasteiger partial charge in [-0.25, -0.2) is 4.79 Å². The SMILES string of the molecule is CCCCCCCCCCC[C@H](CC(=O)N[C@@H](CC[C@@H]1O[C@H](CO)[C@@H](O)[C@H](OC(=O)C[C@@H](CCCCCCCCCCC)OC(=O)CCCCCCCCC)[C@H]1N)C(=O)OCc1ccccc1)OC(=O)CCCCCCCCC. The molecule has 14 heteroatoms. The van der Waals surface area contributed by atoms with Crippen LogP contribution in [-0.2, 0) is 54.3 Å². The Bertz CT molecular complexity index is 1680. The number of nitrogens with two attached hydrogens (primary N) is 1. The fourth-order valence-electron chi connectivity index (χ4n) is 10.6.